The van der Waals surface area contributed by atoms with Crippen LogP contribution in [-0.2, 0) is 9.59 Å². The van der Waals surface area contributed by atoms with E-state index >= 15 is 0 Å². The number of aromatic nitrogens is 1. The van der Waals surface area contributed by atoms with Gasteiger partial charge in [0.1, 0.15) is 11.4 Å². The molecule has 0 saturated carbocycles. The Kier molecular flexibility index (Phi) is 4.84. The molecule has 28 heavy (non-hydrogen) atoms. The first-order valence-electron chi connectivity index (χ1n) is 9.37. The Morgan fingerprint density at radius 2 is 2.21 bits per heavy atom. The lowest BCUT2D eigenvalue weighted by atomic mass is 9.79. The van der Waals surface area contributed by atoms with Crippen LogP contribution in [0.4, 0.5) is 0 Å². The summed E-state index contributed by atoms with van der Waals surface area (Å²) in [6.45, 7) is 6.38. The highest BCUT2D eigenvalue weighted by Crippen LogP contribution is 2.52. The summed E-state index contributed by atoms with van der Waals surface area (Å²) in [7, 11) is 0. The zero-order chi connectivity index (χ0) is 20.2. The van der Waals surface area contributed by atoms with Crippen molar-refractivity contribution in [2.24, 2.45) is 11.8 Å². The minimum Gasteiger partial charge on any atom is -0.477 e. The molecule has 150 valence electrons. The molecule has 3 aliphatic heterocycles. The molecule has 0 bridgehead atoms. The van der Waals surface area contributed by atoms with E-state index in [-0.39, 0.29) is 29.6 Å². The van der Waals surface area contributed by atoms with Crippen LogP contribution < -0.4 is 5.32 Å². The predicted octanol–water partition coefficient (Wildman–Crippen LogP) is 1.69. The molecule has 0 radical (unpaired) electrons. The van der Waals surface area contributed by atoms with Crippen LogP contribution >= 0.6 is 11.8 Å². The third-order valence-corrected chi connectivity index (χ3v) is 6.83. The number of aliphatic hydroxyl groups is 1. The van der Waals surface area contributed by atoms with Crippen molar-refractivity contribution in [3.8, 4) is 0 Å². The molecular formula is C19H23N3O5S. The van der Waals surface area contributed by atoms with Gasteiger partial charge in [0.25, 0.3) is 0 Å². The lowest BCUT2D eigenvalue weighted by molar-refractivity contribution is -0.163. The maximum absolute atomic E-state index is 12.4. The predicted molar refractivity (Wildman–Crippen MR) is 102 cm³/mol. The zero-order valence-electron chi connectivity index (χ0n) is 15.9. The van der Waals surface area contributed by atoms with E-state index in [0.717, 1.165) is 24.2 Å². The molecule has 1 aromatic heterocycles. The lowest BCUT2D eigenvalue weighted by Gasteiger charge is -2.46. The van der Waals surface area contributed by atoms with E-state index in [9.17, 15) is 19.8 Å². The molecule has 0 aromatic carbocycles. The minimum atomic E-state index is -1.15. The average Bonchev–Trinajstić information content (AvgIpc) is 3.18. The fourth-order valence-corrected chi connectivity index (χ4v) is 5.38. The van der Waals surface area contributed by atoms with Crippen LogP contribution in [0.2, 0.25) is 0 Å². The highest BCUT2D eigenvalue weighted by Gasteiger charge is 2.60. The van der Waals surface area contributed by atoms with E-state index in [0.29, 0.717) is 10.00 Å². The number of amides is 1. The van der Waals surface area contributed by atoms with Crippen molar-refractivity contribution in [3.63, 3.8) is 0 Å². The first-order valence-corrected chi connectivity index (χ1v) is 10.2. The molecule has 4 heterocycles. The normalized spacial score (nSPS) is 30.8. The van der Waals surface area contributed by atoms with E-state index in [2.05, 4.69) is 23.5 Å². The van der Waals surface area contributed by atoms with Gasteiger partial charge in [0.2, 0.25) is 5.91 Å². The second-order valence-electron chi connectivity index (χ2n) is 7.59. The second-order valence-corrected chi connectivity index (χ2v) is 8.64. The third kappa shape index (κ3) is 2.98. The minimum absolute atomic E-state index is 0.0166. The van der Waals surface area contributed by atoms with Crippen LogP contribution in [-0.4, -0.2) is 56.9 Å². The van der Waals surface area contributed by atoms with Gasteiger partial charge < -0.3 is 25.0 Å². The van der Waals surface area contributed by atoms with Crippen LogP contribution in [0.1, 0.15) is 32.9 Å². The van der Waals surface area contributed by atoms with Crippen molar-refractivity contribution in [1.82, 2.24) is 15.4 Å². The van der Waals surface area contributed by atoms with Gasteiger partial charge in [-0.05, 0) is 32.4 Å². The van der Waals surface area contributed by atoms with Crippen molar-refractivity contribution in [2.45, 2.75) is 50.5 Å². The number of carboxylic acid groups (broad SMARTS) is 1. The van der Waals surface area contributed by atoms with Crippen LogP contribution in [0, 0.1) is 11.8 Å². The number of carbonyl (C=O) groups excluding carboxylic acids is 1. The van der Waals surface area contributed by atoms with Crippen LogP contribution in [0.25, 0.3) is 5.57 Å². The summed E-state index contributed by atoms with van der Waals surface area (Å²) in [5.41, 5.74) is 1.83. The SMILES string of the molecule is C[C@@H]1C=C(c2cc(SC3=C(C(=O)O)N4C(=O)[C@H]([C@@H](C)O)[C@H]4[C@H]3C)on2)CCN1. The molecule has 1 fully saturated rings. The summed E-state index contributed by atoms with van der Waals surface area (Å²) in [6, 6.07) is 1.74. The van der Waals surface area contributed by atoms with Crippen molar-refractivity contribution < 1.29 is 24.3 Å². The van der Waals surface area contributed by atoms with E-state index in [1.54, 1.807) is 6.92 Å². The Bertz CT molecular complexity index is 890. The Morgan fingerprint density at radius 3 is 2.86 bits per heavy atom. The number of hydrogen-bond acceptors (Lipinski definition) is 7. The van der Waals surface area contributed by atoms with Crippen LogP contribution in [0.5, 0.6) is 0 Å². The monoisotopic (exact) mass is 405 g/mol. The molecule has 0 spiro atoms. The van der Waals surface area contributed by atoms with Gasteiger partial charge >= 0.3 is 5.97 Å². The van der Waals surface area contributed by atoms with Crippen LogP contribution in [0.15, 0.2) is 32.4 Å². The maximum atomic E-state index is 12.4. The molecule has 9 heteroatoms. The van der Waals surface area contributed by atoms with Crippen molar-refractivity contribution in [3.05, 3.63) is 28.4 Å². The Balaban J connectivity index is 1.61. The number of aliphatic carboxylic acids is 1. The number of fused-ring (bicyclic) bond motifs is 1. The molecule has 1 amide bonds. The van der Waals surface area contributed by atoms with E-state index in [4.69, 9.17) is 4.52 Å². The number of nitrogens with zero attached hydrogens (tertiary/aromatic N) is 2. The number of aliphatic hydroxyl groups excluding tert-OH is 1. The Hall–Kier alpha value is -2.10. The first-order chi connectivity index (χ1) is 13.3. The standard InChI is InChI=1S/C19H23N3O5S/c1-8-6-11(4-5-20-8)12-7-13(27-21-12)28-17-9(2)15-14(10(3)23)18(24)22(15)16(17)19(25)26/h6-10,14-15,20,23H,4-5H2,1-3H3,(H,25,26)/t8-,9-,10-,14-,15-/m1/s1. The summed E-state index contributed by atoms with van der Waals surface area (Å²) in [5.74, 6) is -2.27. The molecule has 8 nitrogen and oxygen atoms in total. The number of carbonyl (C=O) groups is 2. The molecular weight excluding hydrogens is 382 g/mol. The topological polar surface area (TPSA) is 116 Å². The fraction of sp³-hybridized carbons (Fsp3) is 0.526. The van der Waals surface area contributed by atoms with E-state index < -0.39 is 18.0 Å². The molecule has 0 aliphatic carbocycles. The van der Waals surface area contributed by atoms with Gasteiger partial charge in [-0.3, -0.25) is 4.79 Å². The van der Waals surface area contributed by atoms with Gasteiger partial charge in [0.15, 0.2) is 5.09 Å². The number of thioether (sulfide) groups is 1. The summed E-state index contributed by atoms with van der Waals surface area (Å²) in [4.78, 5) is 26.1. The van der Waals surface area contributed by atoms with Gasteiger partial charge in [0, 0.05) is 22.9 Å². The number of hydrogen-bond donors (Lipinski definition) is 3. The highest BCUT2D eigenvalue weighted by molar-refractivity contribution is 8.03. The number of rotatable bonds is 5. The van der Waals surface area contributed by atoms with Gasteiger partial charge in [-0.2, -0.15) is 0 Å². The molecule has 3 N–H and O–H groups in total. The summed E-state index contributed by atoms with van der Waals surface area (Å²) in [5, 5.41) is 27.6. The molecule has 1 saturated heterocycles. The van der Waals surface area contributed by atoms with E-state index in [1.807, 2.05) is 13.0 Å². The lowest BCUT2D eigenvalue weighted by Crippen LogP contribution is -2.63. The molecule has 3 aliphatic rings. The van der Waals surface area contributed by atoms with Crippen molar-refractivity contribution in [1.29, 1.82) is 0 Å². The number of nitrogens with one attached hydrogen (secondary N) is 1. The highest BCUT2D eigenvalue weighted by atomic mass is 32.2. The first kappa shape index (κ1) is 19.2. The molecule has 1 aromatic rings. The Morgan fingerprint density at radius 1 is 1.46 bits per heavy atom. The van der Waals surface area contributed by atoms with Gasteiger partial charge in [0.05, 0.1) is 18.1 Å². The quantitative estimate of drug-likeness (QED) is 0.634. The smallest absolute Gasteiger partial charge is 0.353 e. The summed E-state index contributed by atoms with van der Waals surface area (Å²) >= 11 is 1.20. The molecule has 5 atom stereocenters. The molecule has 4 rings (SSSR count). The van der Waals surface area contributed by atoms with Crippen molar-refractivity contribution >= 4 is 29.2 Å². The van der Waals surface area contributed by atoms with Gasteiger partial charge in [-0.15, -0.1) is 0 Å². The Labute approximate surface area is 166 Å². The number of carboxylic acids is 1. The summed E-state index contributed by atoms with van der Waals surface area (Å²) < 4.78 is 5.46. The number of β-lactam (4-membered cyclic amide) rings is 1. The van der Waals surface area contributed by atoms with E-state index in [1.165, 1.54) is 16.7 Å². The van der Waals surface area contributed by atoms with Crippen molar-refractivity contribution in [2.75, 3.05) is 6.54 Å². The second kappa shape index (κ2) is 7.06. The molecule has 0 unspecified atom stereocenters. The fourth-order valence-electron chi connectivity index (χ4n) is 4.32. The largest absolute Gasteiger partial charge is 0.477 e. The van der Waals surface area contributed by atoms with Gasteiger partial charge in [-0.25, -0.2) is 4.79 Å². The third-order valence-electron chi connectivity index (χ3n) is 5.65. The maximum Gasteiger partial charge on any atom is 0.353 e. The van der Waals surface area contributed by atoms with Gasteiger partial charge in [-0.1, -0.05) is 29.9 Å². The zero-order valence-corrected chi connectivity index (χ0v) is 16.7. The van der Waals surface area contributed by atoms with Crippen LogP contribution in [0.3, 0.4) is 0 Å². The average molecular weight is 405 g/mol. The summed E-state index contributed by atoms with van der Waals surface area (Å²) in [6.07, 6.45) is 2.13.